The predicted molar refractivity (Wildman–Crippen MR) is 276 cm³/mol. The van der Waals surface area contributed by atoms with Crippen molar-refractivity contribution >= 4 is 17.9 Å². The number of aliphatic carboxylic acids is 1. The molecule has 2 atom stereocenters. The number of likely N-dealkylation sites (N-methyl/N-ethyl adjacent to an activating group) is 1. The number of carboxylic acids is 1. The van der Waals surface area contributed by atoms with Crippen LogP contribution in [0.4, 0.5) is 0 Å². The van der Waals surface area contributed by atoms with Crippen LogP contribution in [-0.4, -0.2) is 87.4 Å². The Morgan fingerprint density at radius 1 is 0.470 bits per heavy atom. The lowest BCUT2D eigenvalue weighted by atomic mass is 10.0. The summed E-state index contributed by atoms with van der Waals surface area (Å²) < 4.78 is 22.8. The molecule has 1 N–H and O–H groups in total. The van der Waals surface area contributed by atoms with Crippen LogP contribution < -0.4 is 0 Å². The van der Waals surface area contributed by atoms with Gasteiger partial charge in [0, 0.05) is 12.8 Å². The lowest BCUT2D eigenvalue weighted by Gasteiger charge is -2.25. The molecule has 0 heterocycles. The van der Waals surface area contributed by atoms with Gasteiger partial charge >= 0.3 is 17.9 Å². The fourth-order valence-electron chi connectivity index (χ4n) is 7.13. The second-order valence-corrected chi connectivity index (χ2v) is 18.8. The fraction of sp³-hybridized carbons (Fsp3) is 0.737. The summed E-state index contributed by atoms with van der Waals surface area (Å²) in [6.07, 6.45) is 58.2. The molecule has 0 bridgehead atoms. The van der Waals surface area contributed by atoms with Gasteiger partial charge in [0.05, 0.1) is 34.4 Å². The van der Waals surface area contributed by atoms with Crippen LogP contribution in [0.15, 0.2) is 72.9 Å². The molecule has 380 valence electrons. The van der Waals surface area contributed by atoms with Crippen molar-refractivity contribution in [3.63, 3.8) is 0 Å². The number of quaternary nitrogens is 1. The molecule has 0 aromatic carbocycles. The van der Waals surface area contributed by atoms with E-state index in [0.717, 1.165) is 96.3 Å². The van der Waals surface area contributed by atoms with Gasteiger partial charge in [-0.15, -0.1) is 0 Å². The minimum atomic E-state index is -1.52. The zero-order chi connectivity index (χ0) is 48.4. The van der Waals surface area contributed by atoms with E-state index in [1.54, 1.807) is 0 Å². The Kier molecular flexibility index (Phi) is 45.8. The van der Waals surface area contributed by atoms with Crippen molar-refractivity contribution < 1.29 is 42.9 Å². The quantitative estimate of drug-likeness (QED) is 0.0211. The van der Waals surface area contributed by atoms with E-state index in [-0.39, 0.29) is 32.2 Å². The summed E-state index contributed by atoms with van der Waals surface area (Å²) >= 11 is 0. The van der Waals surface area contributed by atoms with Gasteiger partial charge in [0.25, 0.3) is 6.29 Å². The molecule has 0 aliphatic heterocycles. The van der Waals surface area contributed by atoms with Gasteiger partial charge in [0.2, 0.25) is 0 Å². The van der Waals surface area contributed by atoms with E-state index in [0.29, 0.717) is 23.9 Å². The minimum absolute atomic E-state index is 0.182. The number of esters is 2. The number of nitrogens with zero attached hydrogens (tertiary/aromatic N) is 1. The van der Waals surface area contributed by atoms with Crippen LogP contribution >= 0.6 is 0 Å². The average Bonchev–Trinajstić information content (AvgIpc) is 3.28. The second-order valence-electron chi connectivity index (χ2n) is 18.8. The Balaban J connectivity index is 4.35. The molecule has 0 amide bonds. The van der Waals surface area contributed by atoms with E-state index >= 15 is 0 Å². The molecule has 9 heteroatoms. The standard InChI is InChI=1S/C57H99NO8/c1-6-8-10-12-14-16-18-20-22-24-25-26-27-28-29-30-31-32-34-36-38-40-42-44-46-48-55(60)66-53(52-65-57(56(61)62)63-50-49-58(3,4)5)51-64-54(59)47-45-43-41-39-37-35-33-23-21-19-17-15-13-11-9-7-2/h8,10,14,16,20,22,25-26,28-29,31-32,53,57H,6-7,9,11-13,15,17-19,21,23-24,27,30,33-52H2,1-5H3/p+1/b10-8-,16-14-,22-20-,26-25-,29-28-,32-31-. The molecule has 0 fully saturated rings. The highest BCUT2D eigenvalue weighted by Crippen LogP contribution is 2.15. The highest BCUT2D eigenvalue weighted by Gasteiger charge is 2.25. The van der Waals surface area contributed by atoms with E-state index in [1.807, 2.05) is 21.1 Å². The Morgan fingerprint density at radius 2 is 0.864 bits per heavy atom. The summed E-state index contributed by atoms with van der Waals surface area (Å²) in [5, 5.41) is 9.68. The maximum Gasteiger partial charge on any atom is 0.361 e. The Morgan fingerprint density at radius 3 is 1.29 bits per heavy atom. The molecule has 0 aromatic heterocycles. The smallest absolute Gasteiger partial charge is 0.361 e. The predicted octanol–water partition coefficient (Wildman–Crippen LogP) is 15.1. The van der Waals surface area contributed by atoms with Crippen LogP contribution in [0, 0.1) is 0 Å². The topological polar surface area (TPSA) is 108 Å². The van der Waals surface area contributed by atoms with Gasteiger partial charge in [0.15, 0.2) is 6.10 Å². The Bertz CT molecular complexity index is 1310. The molecule has 0 radical (unpaired) electrons. The van der Waals surface area contributed by atoms with E-state index in [9.17, 15) is 19.5 Å². The van der Waals surface area contributed by atoms with Crippen LogP contribution in [0.5, 0.6) is 0 Å². The third-order valence-corrected chi connectivity index (χ3v) is 11.2. The zero-order valence-electron chi connectivity index (χ0n) is 43.1. The van der Waals surface area contributed by atoms with Crippen LogP contribution in [0.2, 0.25) is 0 Å². The highest BCUT2D eigenvalue weighted by atomic mass is 16.7. The van der Waals surface area contributed by atoms with E-state index in [2.05, 4.69) is 86.8 Å². The molecule has 0 saturated carbocycles. The molecule has 0 aromatic rings. The van der Waals surface area contributed by atoms with Crippen molar-refractivity contribution in [2.45, 2.75) is 225 Å². The first kappa shape index (κ1) is 62.7. The van der Waals surface area contributed by atoms with Gasteiger partial charge in [0.1, 0.15) is 13.2 Å². The van der Waals surface area contributed by atoms with Crippen molar-refractivity contribution in [1.82, 2.24) is 0 Å². The van der Waals surface area contributed by atoms with Crippen LogP contribution in [0.1, 0.15) is 213 Å². The molecule has 0 rings (SSSR count). The molecule has 66 heavy (non-hydrogen) atoms. The summed E-state index contributed by atoms with van der Waals surface area (Å²) in [6, 6.07) is 0. The van der Waals surface area contributed by atoms with Gasteiger partial charge in [-0.2, -0.15) is 0 Å². The number of rotatable bonds is 48. The number of carbonyl (C=O) groups excluding carboxylic acids is 2. The molecule has 0 aliphatic rings. The lowest BCUT2D eigenvalue weighted by Crippen LogP contribution is -2.40. The Labute approximate surface area is 405 Å². The number of carboxylic acid groups (broad SMARTS) is 1. The zero-order valence-corrected chi connectivity index (χ0v) is 43.1. The molecular formula is C57H100NO8+. The SMILES string of the molecule is CC/C=C\C/C=C\C/C=C\C/C=C\C/C=C\C/C=C\CCCCCCCCC(=O)OC(COC(=O)CCCCCCCCCCCCCCCCCC)COC(OCC[N+](C)(C)C)C(=O)O. The van der Waals surface area contributed by atoms with Crippen molar-refractivity contribution in [1.29, 1.82) is 0 Å². The van der Waals surface area contributed by atoms with Crippen molar-refractivity contribution in [2.75, 3.05) is 47.5 Å². The third-order valence-electron chi connectivity index (χ3n) is 11.2. The summed E-state index contributed by atoms with van der Waals surface area (Å²) in [4.78, 5) is 37.3. The summed E-state index contributed by atoms with van der Waals surface area (Å²) in [6.45, 7) is 4.75. The van der Waals surface area contributed by atoms with Gasteiger partial charge in [-0.1, -0.05) is 209 Å². The second kappa shape index (κ2) is 48.2. The largest absolute Gasteiger partial charge is 0.477 e. The maximum atomic E-state index is 12.8. The first-order valence-corrected chi connectivity index (χ1v) is 26.6. The average molecular weight is 927 g/mol. The van der Waals surface area contributed by atoms with E-state index in [4.69, 9.17) is 18.9 Å². The Hall–Kier alpha value is -3.27. The van der Waals surface area contributed by atoms with Gasteiger partial charge in [-0.3, -0.25) is 9.59 Å². The first-order chi connectivity index (χ1) is 32.1. The number of ether oxygens (including phenoxy) is 4. The molecule has 2 unspecified atom stereocenters. The number of hydrogen-bond acceptors (Lipinski definition) is 7. The highest BCUT2D eigenvalue weighted by molar-refractivity contribution is 5.71. The van der Waals surface area contributed by atoms with Crippen molar-refractivity contribution in [3.8, 4) is 0 Å². The minimum Gasteiger partial charge on any atom is -0.477 e. The van der Waals surface area contributed by atoms with Gasteiger partial charge in [-0.05, 0) is 64.2 Å². The first-order valence-electron chi connectivity index (χ1n) is 26.6. The summed E-state index contributed by atoms with van der Waals surface area (Å²) in [5.41, 5.74) is 0. The van der Waals surface area contributed by atoms with Gasteiger partial charge < -0.3 is 28.5 Å². The monoisotopic (exact) mass is 927 g/mol. The van der Waals surface area contributed by atoms with Crippen LogP contribution in [-0.2, 0) is 33.3 Å². The number of hydrogen-bond donors (Lipinski definition) is 1. The van der Waals surface area contributed by atoms with Crippen molar-refractivity contribution in [2.24, 2.45) is 0 Å². The number of unbranched alkanes of at least 4 members (excludes halogenated alkanes) is 21. The molecule has 0 aliphatic carbocycles. The maximum absolute atomic E-state index is 12.8. The fourth-order valence-corrected chi connectivity index (χ4v) is 7.13. The van der Waals surface area contributed by atoms with E-state index < -0.39 is 24.3 Å². The molecule has 9 nitrogen and oxygen atoms in total. The van der Waals surface area contributed by atoms with Gasteiger partial charge in [-0.25, -0.2) is 4.79 Å². The normalized spacial score (nSPS) is 13.4. The molecule has 0 spiro atoms. The van der Waals surface area contributed by atoms with Crippen molar-refractivity contribution in [3.05, 3.63) is 72.9 Å². The van der Waals surface area contributed by atoms with Crippen LogP contribution in [0.3, 0.4) is 0 Å². The molecular weight excluding hydrogens is 827 g/mol. The van der Waals surface area contributed by atoms with E-state index in [1.165, 1.54) is 83.5 Å². The lowest BCUT2D eigenvalue weighted by molar-refractivity contribution is -0.870. The molecule has 0 saturated heterocycles. The third kappa shape index (κ3) is 48.7. The summed E-state index contributed by atoms with van der Waals surface area (Å²) in [7, 11) is 5.95. The number of allylic oxidation sites excluding steroid dienone is 12. The number of carbonyl (C=O) groups is 3. The van der Waals surface area contributed by atoms with Crippen LogP contribution in [0.25, 0.3) is 0 Å². The summed E-state index contributed by atoms with van der Waals surface area (Å²) in [5.74, 6) is -2.02.